The molecule has 39 heavy (non-hydrogen) atoms. The number of fused-ring (bicyclic) bond motifs is 2. The number of benzene rings is 2. The summed E-state index contributed by atoms with van der Waals surface area (Å²) in [7, 11) is 1.45. The van der Waals surface area contributed by atoms with Gasteiger partial charge in [-0.1, -0.05) is 18.2 Å². The molecule has 13 heteroatoms. The van der Waals surface area contributed by atoms with Gasteiger partial charge < -0.3 is 20.3 Å². The maximum Gasteiger partial charge on any atom is 0.418 e. The number of ether oxygens (including phenoxy) is 1. The molecule has 3 aliphatic rings. The lowest BCUT2D eigenvalue weighted by Crippen LogP contribution is -2.50. The van der Waals surface area contributed by atoms with Crippen LogP contribution in [0.1, 0.15) is 42.0 Å². The molecule has 206 valence electrons. The topological polar surface area (TPSA) is 108 Å². The molecule has 9 nitrogen and oxygen atoms in total. The lowest BCUT2D eigenvalue weighted by Gasteiger charge is -2.32. The second-order valence-corrected chi connectivity index (χ2v) is 9.67. The Morgan fingerprint density at radius 3 is 2.49 bits per heavy atom. The Hall–Kier alpha value is -4.16. The fourth-order valence-electron chi connectivity index (χ4n) is 5.63. The molecule has 0 bridgehead atoms. The quantitative estimate of drug-likeness (QED) is 0.562. The van der Waals surface area contributed by atoms with Crippen LogP contribution in [0.25, 0.3) is 0 Å². The van der Waals surface area contributed by atoms with E-state index >= 15 is 0 Å². The summed E-state index contributed by atoms with van der Waals surface area (Å²) in [6.07, 6.45) is -5.87. The minimum Gasteiger partial charge on any atom is -0.427 e. The molecule has 5 rings (SSSR count). The maximum atomic E-state index is 13.9. The van der Waals surface area contributed by atoms with Crippen LogP contribution in [0.4, 0.5) is 32.8 Å². The molecule has 2 heterocycles. The lowest BCUT2D eigenvalue weighted by molar-refractivity contribution is -0.186. The number of hydrogen-bond acceptors (Lipinski definition) is 5. The molecular weight excluding hydrogens is 524 g/mol. The number of anilines is 1. The van der Waals surface area contributed by atoms with Crippen LogP contribution >= 0.6 is 0 Å². The monoisotopic (exact) mass is 548 g/mol. The lowest BCUT2D eigenvalue weighted by atomic mass is 9.94. The first kappa shape index (κ1) is 26.4. The fraction of sp³-hybridized carbons (Fsp3) is 0.385. The standard InChI is InChI=1S/C26H24F4N4O5/c1-31-23(37)32-17-6-7-18-15(12-17)10-11-25(18)22(36)33(24(38)39-25)13-21(35)34-19(8-9-20(34)26(28,29)30)14-2-4-16(27)5-3-14/h2-7,12,19-20H,8-11,13H2,1H3,(H2,31,32,37)/t19-,20+,25?/m0/s1. The normalized spacial score (nSPS) is 24.2. The van der Waals surface area contributed by atoms with E-state index in [1.807, 2.05) is 0 Å². The summed E-state index contributed by atoms with van der Waals surface area (Å²) in [5.74, 6) is -2.49. The van der Waals surface area contributed by atoms with Crippen molar-refractivity contribution in [2.45, 2.75) is 49.5 Å². The van der Waals surface area contributed by atoms with Crippen molar-refractivity contribution in [2.24, 2.45) is 0 Å². The highest BCUT2D eigenvalue weighted by atomic mass is 19.4. The van der Waals surface area contributed by atoms with Gasteiger partial charge in [0.2, 0.25) is 11.5 Å². The van der Waals surface area contributed by atoms with Crippen molar-refractivity contribution < 1.29 is 41.5 Å². The van der Waals surface area contributed by atoms with Crippen LogP contribution in [0.15, 0.2) is 42.5 Å². The molecule has 2 aromatic carbocycles. The molecule has 2 aromatic rings. The van der Waals surface area contributed by atoms with Crippen molar-refractivity contribution in [3.05, 3.63) is 65.0 Å². The summed E-state index contributed by atoms with van der Waals surface area (Å²) in [5.41, 5.74) is 0.0912. The van der Waals surface area contributed by atoms with Crippen molar-refractivity contribution >= 4 is 29.6 Å². The zero-order valence-electron chi connectivity index (χ0n) is 20.7. The summed E-state index contributed by atoms with van der Waals surface area (Å²) in [6.45, 7) is -0.935. The van der Waals surface area contributed by atoms with Gasteiger partial charge in [-0.05, 0) is 54.7 Å². The predicted octanol–water partition coefficient (Wildman–Crippen LogP) is 3.99. The van der Waals surface area contributed by atoms with Gasteiger partial charge in [0.15, 0.2) is 0 Å². The number of hydrogen-bond donors (Lipinski definition) is 2. The Morgan fingerprint density at radius 2 is 1.82 bits per heavy atom. The molecule has 3 atom stereocenters. The number of nitrogens with one attached hydrogen (secondary N) is 2. The zero-order chi connectivity index (χ0) is 28.1. The highest BCUT2D eigenvalue weighted by Gasteiger charge is 2.59. The molecule has 0 aromatic heterocycles. The van der Waals surface area contributed by atoms with E-state index in [1.165, 1.54) is 31.3 Å². The van der Waals surface area contributed by atoms with Crippen molar-refractivity contribution in [1.29, 1.82) is 0 Å². The third-order valence-corrected chi connectivity index (χ3v) is 7.44. The third-order valence-electron chi connectivity index (χ3n) is 7.44. The summed E-state index contributed by atoms with van der Waals surface area (Å²) in [5, 5.41) is 5.02. The minimum atomic E-state index is -4.74. The SMILES string of the molecule is CNC(=O)Nc1ccc2c(c1)CCC21OC(=O)N(CC(=O)N2[C@H](c3ccc(F)cc3)CC[C@@H]2C(F)(F)F)C1=O. The number of aryl methyl sites for hydroxylation is 1. The first-order valence-electron chi connectivity index (χ1n) is 12.2. The molecule has 2 fully saturated rings. The number of nitrogens with zero attached hydrogens (tertiary/aromatic N) is 2. The van der Waals surface area contributed by atoms with Gasteiger partial charge in [-0.2, -0.15) is 13.2 Å². The molecular formula is C26H24F4N4O5. The Balaban J connectivity index is 1.39. The summed E-state index contributed by atoms with van der Waals surface area (Å²) in [4.78, 5) is 52.4. The molecule has 2 N–H and O–H groups in total. The van der Waals surface area contributed by atoms with Gasteiger partial charge in [-0.25, -0.2) is 18.9 Å². The van der Waals surface area contributed by atoms with E-state index in [0.717, 1.165) is 12.1 Å². The summed E-state index contributed by atoms with van der Waals surface area (Å²) < 4.78 is 60.5. The van der Waals surface area contributed by atoms with Crippen molar-refractivity contribution in [1.82, 2.24) is 15.1 Å². The fourth-order valence-corrected chi connectivity index (χ4v) is 5.63. The Labute approximate surface area is 220 Å². The molecule has 0 radical (unpaired) electrons. The third kappa shape index (κ3) is 4.55. The second-order valence-electron chi connectivity index (χ2n) is 9.67. The minimum absolute atomic E-state index is 0.0241. The average molecular weight is 548 g/mol. The molecule has 1 unspecified atom stereocenters. The molecule has 5 amide bonds. The second kappa shape index (κ2) is 9.54. The summed E-state index contributed by atoms with van der Waals surface area (Å²) >= 11 is 0. The number of carbonyl (C=O) groups is 4. The Bertz CT molecular complexity index is 1350. The molecule has 0 saturated carbocycles. The van der Waals surface area contributed by atoms with Gasteiger partial charge in [0.05, 0.1) is 6.04 Å². The number of carbonyl (C=O) groups excluding carboxylic acids is 4. The van der Waals surface area contributed by atoms with Crippen molar-refractivity contribution in [3.8, 4) is 0 Å². The number of rotatable bonds is 4. The van der Waals surface area contributed by atoms with E-state index in [0.29, 0.717) is 38.6 Å². The number of alkyl halides is 3. The van der Waals surface area contributed by atoms with Crippen LogP contribution in [-0.2, 0) is 26.3 Å². The number of imide groups is 1. The van der Waals surface area contributed by atoms with Gasteiger partial charge in [0.1, 0.15) is 18.4 Å². The number of urea groups is 1. The van der Waals surface area contributed by atoms with Gasteiger partial charge in [-0.3, -0.25) is 9.59 Å². The Morgan fingerprint density at radius 1 is 1.10 bits per heavy atom. The number of likely N-dealkylation sites (tertiary alicyclic amines) is 1. The summed E-state index contributed by atoms with van der Waals surface area (Å²) in [6, 6.07) is 5.93. The van der Waals surface area contributed by atoms with Crippen LogP contribution in [-0.4, -0.2) is 59.5 Å². The van der Waals surface area contributed by atoms with Gasteiger partial charge in [0.25, 0.3) is 5.91 Å². The number of amides is 5. The zero-order valence-corrected chi connectivity index (χ0v) is 20.7. The molecule has 1 spiro atoms. The first-order valence-corrected chi connectivity index (χ1v) is 12.2. The largest absolute Gasteiger partial charge is 0.427 e. The maximum absolute atomic E-state index is 13.9. The van der Waals surface area contributed by atoms with Crippen LogP contribution < -0.4 is 10.6 Å². The Kier molecular flexibility index (Phi) is 6.47. The van der Waals surface area contributed by atoms with Gasteiger partial charge in [0, 0.05) is 24.7 Å². The van der Waals surface area contributed by atoms with E-state index < -0.39 is 60.2 Å². The van der Waals surface area contributed by atoms with Crippen LogP contribution in [0, 0.1) is 5.82 Å². The molecule has 1 aliphatic carbocycles. The highest BCUT2D eigenvalue weighted by Crippen LogP contribution is 2.47. The van der Waals surface area contributed by atoms with E-state index in [-0.39, 0.29) is 19.3 Å². The van der Waals surface area contributed by atoms with E-state index in [1.54, 1.807) is 6.07 Å². The van der Waals surface area contributed by atoms with E-state index in [4.69, 9.17) is 4.74 Å². The molecule has 2 saturated heterocycles. The number of halogens is 4. The average Bonchev–Trinajstić information content (AvgIpc) is 3.56. The van der Waals surface area contributed by atoms with Crippen molar-refractivity contribution in [2.75, 3.05) is 18.9 Å². The van der Waals surface area contributed by atoms with Crippen LogP contribution in [0.3, 0.4) is 0 Å². The van der Waals surface area contributed by atoms with Gasteiger partial charge >= 0.3 is 18.3 Å². The van der Waals surface area contributed by atoms with Gasteiger partial charge in [-0.15, -0.1) is 0 Å². The predicted molar refractivity (Wildman–Crippen MR) is 128 cm³/mol. The van der Waals surface area contributed by atoms with Crippen molar-refractivity contribution in [3.63, 3.8) is 0 Å². The van der Waals surface area contributed by atoms with E-state index in [9.17, 15) is 36.7 Å². The van der Waals surface area contributed by atoms with Crippen LogP contribution in [0.5, 0.6) is 0 Å². The highest BCUT2D eigenvalue weighted by molar-refractivity contribution is 6.06. The smallest absolute Gasteiger partial charge is 0.418 e. The van der Waals surface area contributed by atoms with E-state index in [2.05, 4.69) is 10.6 Å². The van der Waals surface area contributed by atoms with Crippen LogP contribution in [0.2, 0.25) is 0 Å². The first-order chi connectivity index (χ1) is 18.4. The molecule has 2 aliphatic heterocycles.